The number of piperidine rings is 1. The third-order valence-corrected chi connectivity index (χ3v) is 3.74. The maximum atomic E-state index is 11.9. The fourth-order valence-corrected chi connectivity index (χ4v) is 2.63. The molecular formula is C13H22N4O3. The normalized spacial score (nSPS) is 19.1. The predicted octanol–water partition coefficient (Wildman–Crippen LogP) is 0.481. The van der Waals surface area contributed by atoms with Gasteiger partial charge in [-0.3, -0.25) is 0 Å². The van der Waals surface area contributed by atoms with Crippen molar-refractivity contribution in [3.63, 3.8) is 0 Å². The van der Waals surface area contributed by atoms with Crippen LogP contribution in [0, 0.1) is 5.92 Å². The summed E-state index contributed by atoms with van der Waals surface area (Å²) >= 11 is 0. The number of ether oxygens (including phenoxy) is 1. The Morgan fingerprint density at radius 2 is 2.35 bits per heavy atom. The first-order valence-electron chi connectivity index (χ1n) is 6.92. The quantitative estimate of drug-likeness (QED) is 0.780. The Morgan fingerprint density at radius 1 is 1.60 bits per heavy atom. The molecule has 7 nitrogen and oxygen atoms in total. The Bertz CT molecular complexity index is 486. The summed E-state index contributed by atoms with van der Waals surface area (Å²) in [5, 5.41) is 13.7. The number of aryl methyl sites for hydroxylation is 1. The fraction of sp³-hybridized carbons (Fsp3) is 0.692. The Kier molecular flexibility index (Phi) is 4.49. The van der Waals surface area contributed by atoms with Gasteiger partial charge in [0.25, 0.3) is 0 Å². The molecule has 3 N–H and O–H groups in total. The van der Waals surface area contributed by atoms with Crippen molar-refractivity contribution in [2.75, 3.05) is 37.4 Å². The van der Waals surface area contributed by atoms with Gasteiger partial charge in [0, 0.05) is 26.2 Å². The number of aliphatic hydroxyl groups is 1. The van der Waals surface area contributed by atoms with Gasteiger partial charge in [0.15, 0.2) is 5.82 Å². The number of carbonyl (C=O) groups is 1. The first-order chi connectivity index (χ1) is 9.62. The van der Waals surface area contributed by atoms with E-state index in [1.807, 2.05) is 11.8 Å². The van der Waals surface area contributed by atoms with Crippen LogP contribution in [0.15, 0.2) is 0 Å². The van der Waals surface area contributed by atoms with Crippen molar-refractivity contribution >= 4 is 17.6 Å². The van der Waals surface area contributed by atoms with Crippen LogP contribution in [-0.4, -0.2) is 47.7 Å². The van der Waals surface area contributed by atoms with Crippen molar-refractivity contribution < 1.29 is 14.6 Å². The average Bonchev–Trinajstić information content (AvgIpc) is 2.83. The number of nitrogens with zero attached hydrogens (tertiary/aromatic N) is 3. The van der Waals surface area contributed by atoms with Gasteiger partial charge in [0.1, 0.15) is 11.4 Å². The molecule has 2 heterocycles. The number of methoxy groups -OCH3 is 1. The second-order valence-corrected chi connectivity index (χ2v) is 5.03. The molecule has 1 aromatic heterocycles. The lowest BCUT2D eigenvalue weighted by Crippen LogP contribution is -2.37. The number of rotatable bonds is 4. The van der Waals surface area contributed by atoms with Gasteiger partial charge >= 0.3 is 5.97 Å². The summed E-state index contributed by atoms with van der Waals surface area (Å²) in [6.45, 7) is 4.14. The monoisotopic (exact) mass is 282 g/mol. The molecular weight excluding hydrogens is 260 g/mol. The Balaban J connectivity index is 2.36. The first-order valence-corrected chi connectivity index (χ1v) is 6.92. The molecule has 1 fully saturated rings. The van der Waals surface area contributed by atoms with Gasteiger partial charge in [-0.2, -0.15) is 5.10 Å². The summed E-state index contributed by atoms with van der Waals surface area (Å²) in [6, 6.07) is 0. The van der Waals surface area contributed by atoms with Gasteiger partial charge in [-0.05, 0) is 25.7 Å². The van der Waals surface area contributed by atoms with Gasteiger partial charge in [0.2, 0.25) is 0 Å². The number of anilines is 2. The molecule has 1 aliphatic rings. The van der Waals surface area contributed by atoms with Crippen molar-refractivity contribution in [3.05, 3.63) is 5.56 Å². The molecule has 1 unspecified atom stereocenters. The second kappa shape index (κ2) is 6.13. The summed E-state index contributed by atoms with van der Waals surface area (Å²) in [5.41, 5.74) is 6.32. The fourth-order valence-electron chi connectivity index (χ4n) is 2.63. The minimum Gasteiger partial charge on any atom is -0.465 e. The highest BCUT2D eigenvalue weighted by Gasteiger charge is 2.29. The summed E-state index contributed by atoms with van der Waals surface area (Å²) in [5.74, 6) is 0.639. The number of nitrogens with two attached hydrogens (primary N) is 1. The molecule has 7 heteroatoms. The number of nitrogen functional groups attached to an aromatic ring is 1. The summed E-state index contributed by atoms with van der Waals surface area (Å²) in [4.78, 5) is 14.0. The van der Waals surface area contributed by atoms with Crippen LogP contribution in [0.3, 0.4) is 0 Å². The zero-order valence-corrected chi connectivity index (χ0v) is 12.0. The van der Waals surface area contributed by atoms with Gasteiger partial charge in [0.05, 0.1) is 7.11 Å². The Hall–Kier alpha value is -1.76. The van der Waals surface area contributed by atoms with E-state index in [4.69, 9.17) is 10.5 Å². The van der Waals surface area contributed by atoms with Crippen molar-refractivity contribution in [1.82, 2.24) is 9.78 Å². The molecule has 0 bridgehead atoms. The number of hydrogen-bond donors (Lipinski definition) is 2. The first kappa shape index (κ1) is 14.6. The van der Waals surface area contributed by atoms with Crippen molar-refractivity contribution in [1.29, 1.82) is 0 Å². The van der Waals surface area contributed by atoms with Crippen molar-refractivity contribution in [2.45, 2.75) is 26.3 Å². The minimum atomic E-state index is -0.469. The molecule has 0 saturated carbocycles. The molecule has 1 atom stereocenters. The number of carbonyl (C=O) groups excluding carboxylic acids is 1. The zero-order chi connectivity index (χ0) is 14.7. The molecule has 0 spiro atoms. The molecule has 0 aromatic carbocycles. The van der Waals surface area contributed by atoms with E-state index in [1.54, 1.807) is 4.68 Å². The summed E-state index contributed by atoms with van der Waals surface area (Å²) in [7, 11) is 1.33. The molecule has 1 aliphatic heterocycles. The highest BCUT2D eigenvalue weighted by molar-refractivity contribution is 5.99. The van der Waals surface area contributed by atoms with Gasteiger partial charge < -0.3 is 20.5 Å². The largest absolute Gasteiger partial charge is 0.465 e. The van der Waals surface area contributed by atoms with E-state index in [0.29, 0.717) is 30.3 Å². The summed E-state index contributed by atoms with van der Waals surface area (Å²) in [6.07, 6.45) is 1.95. The SMILES string of the molecule is CCn1nc(N2CCCC(CO)C2)c(C(=O)OC)c1N. The van der Waals surface area contributed by atoms with Crippen molar-refractivity contribution in [3.8, 4) is 0 Å². The maximum absolute atomic E-state index is 11.9. The van der Waals surface area contributed by atoms with Gasteiger partial charge in [-0.1, -0.05) is 0 Å². The van der Waals surface area contributed by atoms with Crippen LogP contribution in [0.25, 0.3) is 0 Å². The van der Waals surface area contributed by atoms with E-state index in [9.17, 15) is 9.90 Å². The molecule has 0 radical (unpaired) electrons. The molecule has 0 amide bonds. The van der Waals surface area contributed by atoms with Crippen LogP contribution >= 0.6 is 0 Å². The lowest BCUT2D eigenvalue weighted by atomic mass is 9.99. The highest BCUT2D eigenvalue weighted by atomic mass is 16.5. The van der Waals surface area contributed by atoms with E-state index in [-0.39, 0.29) is 12.5 Å². The third kappa shape index (κ3) is 2.58. The van der Waals surface area contributed by atoms with Crippen LogP contribution in [0.4, 0.5) is 11.6 Å². The van der Waals surface area contributed by atoms with Crippen LogP contribution in [-0.2, 0) is 11.3 Å². The van der Waals surface area contributed by atoms with E-state index in [2.05, 4.69) is 5.10 Å². The molecule has 20 heavy (non-hydrogen) atoms. The van der Waals surface area contributed by atoms with E-state index >= 15 is 0 Å². The molecule has 1 aromatic rings. The average molecular weight is 282 g/mol. The molecule has 0 aliphatic carbocycles. The molecule has 112 valence electrons. The Morgan fingerprint density at radius 3 is 2.95 bits per heavy atom. The highest BCUT2D eigenvalue weighted by Crippen LogP contribution is 2.29. The van der Waals surface area contributed by atoms with Gasteiger partial charge in [-0.15, -0.1) is 0 Å². The Labute approximate surface area is 118 Å². The topological polar surface area (TPSA) is 93.6 Å². The van der Waals surface area contributed by atoms with E-state index in [1.165, 1.54) is 7.11 Å². The standard InChI is InChI=1S/C13H22N4O3/c1-3-17-11(14)10(13(19)20-2)12(15-17)16-6-4-5-9(7-16)8-18/h9,18H,3-8,14H2,1-2H3. The lowest BCUT2D eigenvalue weighted by Gasteiger charge is -2.32. The second-order valence-electron chi connectivity index (χ2n) is 5.03. The van der Waals surface area contributed by atoms with Gasteiger partial charge in [-0.25, -0.2) is 9.48 Å². The zero-order valence-electron chi connectivity index (χ0n) is 12.0. The van der Waals surface area contributed by atoms with Crippen molar-refractivity contribution in [2.24, 2.45) is 5.92 Å². The number of esters is 1. The predicted molar refractivity (Wildman–Crippen MR) is 75.7 cm³/mol. The maximum Gasteiger partial charge on any atom is 0.345 e. The van der Waals surface area contributed by atoms with E-state index < -0.39 is 5.97 Å². The van der Waals surface area contributed by atoms with Crippen LogP contribution in [0.1, 0.15) is 30.1 Å². The smallest absolute Gasteiger partial charge is 0.345 e. The molecule has 2 rings (SSSR count). The number of aliphatic hydroxyl groups excluding tert-OH is 1. The van der Waals surface area contributed by atoms with E-state index in [0.717, 1.165) is 19.4 Å². The summed E-state index contributed by atoms with van der Waals surface area (Å²) < 4.78 is 6.41. The number of aromatic nitrogens is 2. The number of hydrogen-bond acceptors (Lipinski definition) is 6. The lowest BCUT2D eigenvalue weighted by molar-refractivity contribution is 0.0602. The van der Waals surface area contributed by atoms with Crippen LogP contribution < -0.4 is 10.6 Å². The molecule has 1 saturated heterocycles. The minimum absolute atomic E-state index is 0.147. The van der Waals surface area contributed by atoms with Crippen LogP contribution in [0.2, 0.25) is 0 Å². The third-order valence-electron chi connectivity index (χ3n) is 3.74. The van der Waals surface area contributed by atoms with Crippen LogP contribution in [0.5, 0.6) is 0 Å².